The van der Waals surface area contributed by atoms with Crippen LogP contribution < -0.4 is 5.32 Å². The number of rotatable bonds is 5. The molecule has 4 heteroatoms. The Hall–Kier alpha value is -1.58. The molecule has 0 bridgehead atoms. The van der Waals surface area contributed by atoms with E-state index in [0.717, 1.165) is 29.2 Å². The molecule has 0 unspecified atom stereocenters. The molecule has 18 heavy (non-hydrogen) atoms. The molecule has 2 aromatic rings. The first kappa shape index (κ1) is 12.9. The van der Waals surface area contributed by atoms with E-state index in [-0.39, 0.29) is 0 Å². The van der Waals surface area contributed by atoms with Crippen molar-refractivity contribution in [3.8, 4) is 0 Å². The van der Waals surface area contributed by atoms with Crippen molar-refractivity contribution in [2.75, 3.05) is 11.9 Å². The topological polar surface area (TPSA) is 42.7 Å². The molecule has 0 aliphatic rings. The number of nitrogens with one attached hydrogen (secondary N) is 1. The summed E-state index contributed by atoms with van der Waals surface area (Å²) in [5, 5.41) is 8.87. The van der Waals surface area contributed by atoms with Crippen LogP contribution in [0.15, 0.2) is 18.5 Å². The second kappa shape index (κ2) is 5.38. The molecule has 0 aromatic carbocycles. The second-order valence-electron chi connectivity index (χ2n) is 5.43. The Kier molecular flexibility index (Phi) is 3.84. The van der Waals surface area contributed by atoms with Gasteiger partial charge >= 0.3 is 0 Å². The molecule has 0 saturated heterocycles. The van der Waals surface area contributed by atoms with Crippen LogP contribution in [0.3, 0.4) is 0 Å². The molecule has 0 aliphatic carbocycles. The third-order valence-corrected chi connectivity index (χ3v) is 2.97. The molecule has 2 aromatic heterocycles. The van der Waals surface area contributed by atoms with E-state index in [1.165, 1.54) is 6.42 Å². The highest BCUT2D eigenvalue weighted by atomic mass is 15.3. The standard InChI is InChI=1S/C14H22N4/c1-10(2)5-6-15-13-7-12-8-17-18(11(3)4)14(12)16-9-13/h7-11,15H,5-6H2,1-4H3. The molecule has 2 rings (SSSR count). The lowest BCUT2D eigenvalue weighted by Gasteiger charge is -2.09. The van der Waals surface area contributed by atoms with Crippen molar-refractivity contribution in [1.82, 2.24) is 14.8 Å². The van der Waals surface area contributed by atoms with Crippen molar-refractivity contribution in [3.05, 3.63) is 18.5 Å². The Morgan fingerprint density at radius 1 is 1.22 bits per heavy atom. The van der Waals surface area contributed by atoms with Crippen LogP contribution in [0.25, 0.3) is 11.0 Å². The molecule has 0 amide bonds. The highest BCUT2D eigenvalue weighted by molar-refractivity contribution is 5.78. The number of aromatic nitrogens is 3. The van der Waals surface area contributed by atoms with Gasteiger partial charge in [-0.1, -0.05) is 13.8 Å². The normalized spacial score (nSPS) is 11.7. The van der Waals surface area contributed by atoms with Crippen molar-refractivity contribution in [2.24, 2.45) is 5.92 Å². The molecule has 0 saturated carbocycles. The zero-order valence-electron chi connectivity index (χ0n) is 11.6. The summed E-state index contributed by atoms with van der Waals surface area (Å²) < 4.78 is 1.95. The Labute approximate surface area is 108 Å². The largest absolute Gasteiger partial charge is 0.384 e. The minimum absolute atomic E-state index is 0.342. The van der Waals surface area contributed by atoms with Crippen LogP contribution in [-0.2, 0) is 0 Å². The molecule has 0 radical (unpaired) electrons. The van der Waals surface area contributed by atoms with Crippen LogP contribution in [-0.4, -0.2) is 21.3 Å². The van der Waals surface area contributed by atoms with Crippen molar-refractivity contribution in [1.29, 1.82) is 0 Å². The van der Waals surface area contributed by atoms with Crippen LogP contribution in [0.4, 0.5) is 5.69 Å². The molecule has 0 fully saturated rings. The second-order valence-corrected chi connectivity index (χ2v) is 5.43. The van der Waals surface area contributed by atoms with E-state index in [1.54, 1.807) is 0 Å². The SMILES string of the molecule is CC(C)CCNc1cnc2c(cnn2C(C)C)c1. The summed E-state index contributed by atoms with van der Waals surface area (Å²) in [5.74, 6) is 0.720. The summed E-state index contributed by atoms with van der Waals surface area (Å²) in [4.78, 5) is 4.50. The van der Waals surface area contributed by atoms with E-state index in [9.17, 15) is 0 Å². The number of pyridine rings is 1. The quantitative estimate of drug-likeness (QED) is 0.878. The molecule has 4 nitrogen and oxygen atoms in total. The molecule has 0 atom stereocenters. The zero-order valence-corrected chi connectivity index (χ0v) is 11.6. The van der Waals surface area contributed by atoms with E-state index < -0.39 is 0 Å². The fourth-order valence-electron chi connectivity index (χ4n) is 1.92. The number of hydrogen-bond acceptors (Lipinski definition) is 3. The summed E-state index contributed by atoms with van der Waals surface area (Å²) in [7, 11) is 0. The van der Waals surface area contributed by atoms with Crippen LogP contribution in [0.5, 0.6) is 0 Å². The van der Waals surface area contributed by atoms with E-state index >= 15 is 0 Å². The van der Waals surface area contributed by atoms with Gasteiger partial charge in [-0.15, -0.1) is 0 Å². The number of hydrogen-bond donors (Lipinski definition) is 1. The van der Waals surface area contributed by atoms with Crippen molar-refractivity contribution in [3.63, 3.8) is 0 Å². The van der Waals surface area contributed by atoms with Gasteiger partial charge in [0.1, 0.15) is 0 Å². The van der Waals surface area contributed by atoms with Crippen molar-refractivity contribution >= 4 is 16.7 Å². The van der Waals surface area contributed by atoms with Crippen LogP contribution in [0, 0.1) is 5.92 Å². The van der Waals surface area contributed by atoms with Crippen molar-refractivity contribution < 1.29 is 0 Å². The molecule has 0 aliphatic heterocycles. The third kappa shape index (κ3) is 2.81. The number of anilines is 1. The molecule has 2 heterocycles. The third-order valence-electron chi connectivity index (χ3n) is 2.97. The van der Waals surface area contributed by atoms with E-state index in [0.29, 0.717) is 6.04 Å². The van der Waals surface area contributed by atoms with E-state index in [4.69, 9.17) is 0 Å². The van der Waals surface area contributed by atoms with Gasteiger partial charge in [-0.05, 0) is 32.3 Å². The molecule has 0 spiro atoms. The Balaban J connectivity index is 2.13. The maximum atomic E-state index is 4.50. The average molecular weight is 246 g/mol. The van der Waals surface area contributed by atoms with Gasteiger partial charge in [0, 0.05) is 18.0 Å². The van der Waals surface area contributed by atoms with Gasteiger partial charge in [-0.2, -0.15) is 5.10 Å². The van der Waals surface area contributed by atoms with Crippen LogP contribution in [0.2, 0.25) is 0 Å². The summed E-state index contributed by atoms with van der Waals surface area (Å²) in [6.07, 6.45) is 4.95. The van der Waals surface area contributed by atoms with E-state index in [2.05, 4.69) is 49.2 Å². The smallest absolute Gasteiger partial charge is 0.158 e. The summed E-state index contributed by atoms with van der Waals surface area (Å²) >= 11 is 0. The summed E-state index contributed by atoms with van der Waals surface area (Å²) in [6, 6.07) is 2.46. The van der Waals surface area contributed by atoms with Gasteiger partial charge in [0.2, 0.25) is 0 Å². The van der Waals surface area contributed by atoms with Crippen LogP contribution >= 0.6 is 0 Å². The first-order chi connectivity index (χ1) is 8.58. The predicted molar refractivity (Wildman–Crippen MR) is 75.9 cm³/mol. The zero-order chi connectivity index (χ0) is 13.1. The van der Waals surface area contributed by atoms with Gasteiger partial charge in [-0.25, -0.2) is 9.67 Å². The lowest BCUT2D eigenvalue weighted by atomic mass is 10.1. The maximum absolute atomic E-state index is 4.50. The Morgan fingerprint density at radius 3 is 2.67 bits per heavy atom. The minimum atomic E-state index is 0.342. The van der Waals surface area contributed by atoms with Gasteiger partial charge < -0.3 is 5.32 Å². The lowest BCUT2D eigenvalue weighted by molar-refractivity contribution is 0.546. The fraction of sp³-hybridized carbons (Fsp3) is 0.571. The monoisotopic (exact) mass is 246 g/mol. The number of fused-ring (bicyclic) bond motifs is 1. The Bertz CT molecular complexity index is 513. The van der Waals surface area contributed by atoms with Gasteiger partial charge in [0.25, 0.3) is 0 Å². The average Bonchev–Trinajstić information content (AvgIpc) is 2.71. The predicted octanol–water partition coefficient (Wildman–Crippen LogP) is 3.47. The van der Waals surface area contributed by atoms with Gasteiger partial charge in [0.05, 0.1) is 18.1 Å². The fourth-order valence-corrected chi connectivity index (χ4v) is 1.92. The Morgan fingerprint density at radius 2 is 2.00 bits per heavy atom. The van der Waals surface area contributed by atoms with E-state index in [1.807, 2.05) is 17.1 Å². The summed E-state index contributed by atoms with van der Waals surface area (Å²) in [6.45, 7) is 9.68. The molecular formula is C14H22N4. The first-order valence-corrected chi connectivity index (χ1v) is 6.65. The minimum Gasteiger partial charge on any atom is -0.384 e. The lowest BCUT2D eigenvalue weighted by Crippen LogP contribution is -2.06. The number of nitrogens with zero attached hydrogens (tertiary/aromatic N) is 3. The van der Waals surface area contributed by atoms with Gasteiger partial charge in [0.15, 0.2) is 5.65 Å². The van der Waals surface area contributed by atoms with Gasteiger partial charge in [-0.3, -0.25) is 0 Å². The first-order valence-electron chi connectivity index (χ1n) is 6.65. The van der Waals surface area contributed by atoms with Crippen molar-refractivity contribution in [2.45, 2.75) is 40.2 Å². The molecule has 98 valence electrons. The van der Waals surface area contributed by atoms with Crippen LogP contribution in [0.1, 0.15) is 40.2 Å². The highest BCUT2D eigenvalue weighted by Gasteiger charge is 2.07. The highest BCUT2D eigenvalue weighted by Crippen LogP contribution is 2.19. The molecular weight excluding hydrogens is 224 g/mol. The maximum Gasteiger partial charge on any atom is 0.158 e. The summed E-state index contributed by atoms with van der Waals surface area (Å²) in [5.41, 5.74) is 2.03. The molecule has 1 N–H and O–H groups in total.